The number of halogens is 1. The van der Waals surface area contributed by atoms with Crippen LogP contribution in [0.3, 0.4) is 0 Å². The van der Waals surface area contributed by atoms with Crippen molar-refractivity contribution >= 4 is 33.5 Å². The fourth-order valence-corrected chi connectivity index (χ4v) is 3.12. The zero-order valence-corrected chi connectivity index (χ0v) is 13.0. The van der Waals surface area contributed by atoms with Crippen molar-refractivity contribution < 1.29 is 14.3 Å². The minimum absolute atomic E-state index is 0.0922. The SMILES string of the molecule is COC(=O)C(C(=O)Nc1cccc(Br)c1)C1CCCC1. The van der Waals surface area contributed by atoms with Crippen molar-refractivity contribution in [3.05, 3.63) is 28.7 Å². The largest absolute Gasteiger partial charge is 0.468 e. The number of hydrogen-bond donors (Lipinski definition) is 1. The Labute approximate surface area is 127 Å². The van der Waals surface area contributed by atoms with Crippen LogP contribution in [-0.4, -0.2) is 19.0 Å². The zero-order valence-electron chi connectivity index (χ0n) is 11.4. The minimum Gasteiger partial charge on any atom is -0.468 e. The topological polar surface area (TPSA) is 55.4 Å². The smallest absolute Gasteiger partial charge is 0.318 e. The lowest BCUT2D eigenvalue weighted by Crippen LogP contribution is -2.35. The fraction of sp³-hybridized carbons (Fsp3) is 0.467. The molecule has 5 heteroatoms. The van der Waals surface area contributed by atoms with Gasteiger partial charge >= 0.3 is 5.97 Å². The third-order valence-corrected chi connectivity index (χ3v) is 4.19. The molecule has 1 saturated carbocycles. The first-order valence-corrected chi connectivity index (χ1v) is 7.55. The molecule has 1 aromatic rings. The number of nitrogens with one attached hydrogen (secondary N) is 1. The Kier molecular flexibility index (Phi) is 5.17. The molecular formula is C15H18BrNO3. The van der Waals surface area contributed by atoms with Gasteiger partial charge in [0.15, 0.2) is 0 Å². The number of amides is 1. The third-order valence-electron chi connectivity index (χ3n) is 3.70. The summed E-state index contributed by atoms with van der Waals surface area (Å²) in [5.74, 6) is -1.33. The van der Waals surface area contributed by atoms with Crippen LogP contribution < -0.4 is 5.32 Å². The van der Waals surface area contributed by atoms with Gasteiger partial charge in [0.25, 0.3) is 0 Å². The van der Waals surface area contributed by atoms with E-state index >= 15 is 0 Å². The third kappa shape index (κ3) is 3.60. The van der Waals surface area contributed by atoms with Crippen LogP contribution in [0.5, 0.6) is 0 Å². The lowest BCUT2D eigenvalue weighted by atomic mass is 9.90. The second-order valence-corrected chi connectivity index (χ2v) is 5.96. The van der Waals surface area contributed by atoms with Gasteiger partial charge in [0.2, 0.25) is 5.91 Å². The van der Waals surface area contributed by atoms with E-state index in [9.17, 15) is 9.59 Å². The summed E-state index contributed by atoms with van der Waals surface area (Å²) < 4.78 is 5.68. The van der Waals surface area contributed by atoms with Gasteiger partial charge in [-0.1, -0.05) is 34.8 Å². The van der Waals surface area contributed by atoms with Crippen LogP contribution in [0.15, 0.2) is 28.7 Å². The predicted molar refractivity (Wildman–Crippen MR) is 80.2 cm³/mol. The van der Waals surface area contributed by atoms with Crippen LogP contribution in [0.4, 0.5) is 5.69 Å². The van der Waals surface area contributed by atoms with Crippen molar-refractivity contribution in [1.29, 1.82) is 0 Å². The van der Waals surface area contributed by atoms with Gasteiger partial charge in [-0.15, -0.1) is 0 Å². The quantitative estimate of drug-likeness (QED) is 0.675. The molecule has 1 aromatic carbocycles. The zero-order chi connectivity index (χ0) is 14.5. The molecule has 1 aliphatic carbocycles. The lowest BCUT2D eigenvalue weighted by molar-refractivity contribution is -0.150. The molecule has 1 N–H and O–H groups in total. The van der Waals surface area contributed by atoms with Crippen molar-refractivity contribution in [3.8, 4) is 0 Å². The van der Waals surface area contributed by atoms with Gasteiger partial charge in [-0.25, -0.2) is 0 Å². The molecule has 1 fully saturated rings. The highest BCUT2D eigenvalue weighted by Crippen LogP contribution is 2.33. The fourth-order valence-electron chi connectivity index (χ4n) is 2.72. The highest BCUT2D eigenvalue weighted by atomic mass is 79.9. The summed E-state index contributed by atoms with van der Waals surface area (Å²) in [6, 6.07) is 7.32. The van der Waals surface area contributed by atoms with Crippen LogP contribution in [0.2, 0.25) is 0 Å². The average molecular weight is 340 g/mol. The van der Waals surface area contributed by atoms with Gasteiger partial charge in [0.1, 0.15) is 5.92 Å². The van der Waals surface area contributed by atoms with E-state index in [1.165, 1.54) is 7.11 Å². The maximum Gasteiger partial charge on any atom is 0.318 e. The number of carbonyl (C=O) groups is 2. The van der Waals surface area contributed by atoms with E-state index in [4.69, 9.17) is 4.74 Å². The molecular weight excluding hydrogens is 322 g/mol. The summed E-state index contributed by atoms with van der Waals surface area (Å²) in [4.78, 5) is 24.3. The Morgan fingerprint density at radius 2 is 2.05 bits per heavy atom. The molecule has 0 heterocycles. The standard InChI is InChI=1S/C15H18BrNO3/c1-20-15(19)13(10-5-2-3-6-10)14(18)17-12-8-4-7-11(16)9-12/h4,7-10,13H,2-3,5-6H2,1H3,(H,17,18). The molecule has 108 valence electrons. The van der Waals surface area contributed by atoms with Gasteiger partial charge in [0.05, 0.1) is 7.11 Å². The molecule has 0 aliphatic heterocycles. The molecule has 1 amide bonds. The number of anilines is 1. The minimum atomic E-state index is -0.707. The normalized spacial score (nSPS) is 16.7. The lowest BCUT2D eigenvalue weighted by Gasteiger charge is -2.20. The molecule has 0 saturated heterocycles. The molecule has 1 atom stereocenters. The first-order valence-electron chi connectivity index (χ1n) is 6.76. The van der Waals surface area contributed by atoms with Gasteiger partial charge in [0, 0.05) is 10.2 Å². The Morgan fingerprint density at radius 3 is 2.65 bits per heavy atom. The number of ether oxygens (including phenoxy) is 1. The average Bonchev–Trinajstić information content (AvgIpc) is 2.92. The molecule has 1 unspecified atom stereocenters. The van der Waals surface area contributed by atoms with E-state index in [-0.39, 0.29) is 11.8 Å². The first-order chi connectivity index (χ1) is 9.61. The summed E-state index contributed by atoms with van der Waals surface area (Å²) >= 11 is 3.36. The van der Waals surface area contributed by atoms with Crippen molar-refractivity contribution in [2.24, 2.45) is 11.8 Å². The molecule has 4 nitrogen and oxygen atoms in total. The number of rotatable bonds is 4. The summed E-state index contributed by atoms with van der Waals surface area (Å²) in [6.45, 7) is 0. The van der Waals surface area contributed by atoms with Crippen LogP contribution in [-0.2, 0) is 14.3 Å². The van der Waals surface area contributed by atoms with E-state index in [0.29, 0.717) is 5.69 Å². The number of methoxy groups -OCH3 is 1. The molecule has 1 aliphatic rings. The Morgan fingerprint density at radius 1 is 1.35 bits per heavy atom. The Bertz CT molecular complexity index is 498. The predicted octanol–water partition coefficient (Wildman–Crippen LogP) is 3.37. The molecule has 20 heavy (non-hydrogen) atoms. The number of esters is 1. The van der Waals surface area contributed by atoms with Crippen LogP contribution in [0, 0.1) is 11.8 Å². The maximum absolute atomic E-state index is 12.4. The number of hydrogen-bond acceptors (Lipinski definition) is 3. The second kappa shape index (κ2) is 6.88. The van der Waals surface area contributed by atoms with E-state index in [2.05, 4.69) is 21.2 Å². The Hall–Kier alpha value is -1.36. The Balaban J connectivity index is 2.11. The number of benzene rings is 1. The van der Waals surface area contributed by atoms with E-state index in [1.54, 1.807) is 12.1 Å². The summed E-state index contributed by atoms with van der Waals surface area (Å²) in [7, 11) is 1.33. The maximum atomic E-state index is 12.4. The van der Waals surface area contributed by atoms with Crippen molar-refractivity contribution in [2.75, 3.05) is 12.4 Å². The van der Waals surface area contributed by atoms with Gasteiger partial charge in [-0.05, 0) is 37.0 Å². The van der Waals surface area contributed by atoms with Crippen molar-refractivity contribution in [2.45, 2.75) is 25.7 Å². The highest BCUT2D eigenvalue weighted by Gasteiger charge is 2.37. The van der Waals surface area contributed by atoms with Crippen molar-refractivity contribution in [3.63, 3.8) is 0 Å². The van der Waals surface area contributed by atoms with Crippen LogP contribution in [0.1, 0.15) is 25.7 Å². The van der Waals surface area contributed by atoms with E-state index < -0.39 is 11.9 Å². The van der Waals surface area contributed by atoms with Crippen LogP contribution in [0.25, 0.3) is 0 Å². The highest BCUT2D eigenvalue weighted by molar-refractivity contribution is 9.10. The summed E-state index contributed by atoms with van der Waals surface area (Å²) in [6.07, 6.45) is 3.96. The second-order valence-electron chi connectivity index (χ2n) is 5.04. The monoisotopic (exact) mass is 339 g/mol. The van der Waals surface area contributed by atoms with Gasteiger partial charge in [-0.3, -0.25) is 9.59 Å². The van der Waals surface area contributed by atoms with Crippen molar-refractivity contribution in [1.82, 2.24) is 0 Å². The van der Waals surface area contributed by atoms with E-state index in [1.807, 2.05) is 12.1 Å². The molecule has 0 spiro atoms. The first kappa shape index (κ1) is 15.0. The van der Waals surface area contributed by atoms with Gasteiger partial charge < -0.3 is 10.1 Å². The summed E-state index contributed by atoms with van der Waals surface area (Å²) in [5, 5.41) is 2.81. The molecule has 2 rings (SSSR count). The van der Waals surface area contributed by atoms with E-state index in [0.717, 1.165) is 30.2 Å². The van der Waals surface area contributed by atoms with Gasteiger partial charge in [-0.2, -0.15) is 0 Å². The molecule has 0 radical (unpaired) electrons. The summed E-state index contributed by atoms with van der Waals surface area (Å²) in [5.41, 5.74) is 0.677. The number of carbonyl (C=O) groups excluding carboxylic acids is 2. The molecule has 0 bridgehead atoms. The molecule has 0 aromatic heterocycles. The van der Waals surface area contributed by atoms with Crippen LogP contribution >= 0.6 is 15.9 Å².